The van der Waals surface area contributed by atoms with Crippen molar-refractivity contribution < 1.29 is 0 Å². The highest BCUT2D eigenvalue weighted by Crippen LogP contribution is 2.61. The predicted octanol–water partition coefficient (Wildman–Crippen LogP) is 7.10. The van der Waals surface area contributed by atoms with Gasteiger partial charge in [0.1, 0.15) is 0 Å². The summed E-state index contributed by atoms with van der Waals surface area (Å²) in [7, 11) is 0.429. The van der Waals surface area contributed by atoms with Gasteiger partial charge in [0.15, 0.2) is 0 Å². The fraction of sp³-hybridized carbons (Fsp3) is 0.739. The van der Waals surface area contributed by atoms with Crippen LogP contribution in [0, 0.1) is 0 Å². The first kappa shape index (κ1) is 18.4. The predicted molar refractivity (Wildman–Crippen MR) is 116 cm³/mol. The Morgan fingerprint density at radius 1 is 0.720 bits per heavy atom. The highest BCUT2D eigenvalue weighted by Gasteiger charge is 2.36. The minimum absolute atomic E-state index is 0.138. The molecule has 2 aliphatic carbocycles. The van der Waals surface area contributed by atoms with E-state index in [1.54, 1.807) is 43.6 Å². The van der Waals surface area contributed by atoms with E-state index in [0.29, 0.717) is 7.92 Å². The smallest absolute Gasteiger partial charge is 0.0129 e. The van der Waals surface area contributed by atoms with Gasteiger partial charge in [-0.2, -0.15) is 0 Å². The lowest BCUT2D eigenvalue weighted by Gasteiger charge is -2.40. The molecular formula is C23H36P2. The fourth-order valence-electron chi connectivity index (χ4n) is 5.65. The molecule has 1 aromatic rings. The summed E-state index contributed by atoms with van der Waals surface area (Å²) < 4.78 is 0. The molecule has 25 heavy (non-hydrogen) atoms. The number of rotatable bonds is 5. The van der Waals surface area contributed by atoms with Crippen molar-refractivity contribution in [3.05, 3.63) is 30.3 Å². The number of hydrogen-bond donors (Lipinski definition) is 0. The first-order chi connectivity index (χ1) is 12.4. The minimum atomic E-state index is 0.138. The van der Waals surface area contributed by atoms with Crippen LogP contribution in [-0.4, -0.2) is 29.3 Å². The van der Waals surface area contributed by atoms with Crippen LogP contribution in [0.4, 0.5) is 0 Å². The van der Waals surface area contributed by atoms with Crippen LogP contribution in [0.1, 0.15) is 77.0 Å². The summed E-state index contributed by atoms with van der Waals surface area (Å²) in [5.74, 6) is 0. The van der Waals surface area contributed by atoms with Crippen molar-refractivity contribution in [2.24, 2.45) is 0 Å². The summed E-state index contributed by atoms with van der Waals surface area (Å²) in [6.07, 6.45) is 21.7. The Morgan fingerprint density at radius 3 is 1.92 bits per heavy atom. The zero-order valence-corrected chi connectivity index (χ0v) is 17.7. The molecule has 0 amide bonds. The minimum Gasteiger partial charge on any atom is -0.0997 e. The molecular weight excluding hydrogens is 338 g/mol. The van der Waals surface area contributed by atoms with Crippen molar-refractivity contribution in [3.63, 3.8) is 0 Å². The number of benzene rings is 1. The van der Waals surface area contributed by atoms with Gasteiger partial charge < -0.3 is 0 Å². The van der Waals surface area contributed by atoms with E-state index in [2.05, 4.69) is 30.3 Å². The first-order valence-electron chi connectivity index (χ1n) is 11.0. The van der Waals surface area contributed by atoms with Crippen molar-refractivity contribution in [1.82, 2.24) is 0 Å². The molecule has 1 aromatic carbocycles. The molecule has 2 atom stereocenters. The average Bonchev–Trinajstić information content (AvgIpc) is 3.16. The van der Waals surface area contributed by atoms with Crippen LogP contribution < -0.4 is 5.30 Å². The average molecular weight is 374 g/mol. The maximum Gasteiger partial charge on any atom is -0.0129 e. The van der Waals surface area contributed by atoms with Gasteiger partial charge in [-0.15, -0.1) is 0 Å². The molecule has 3 fully saturated rings. The van der Waals surface area contributed by atoms with Crippen LogP contribution in [-0.2, 0) is 0 Å². The summed E-state index contributed by atoms with van der Waals surface area (Å²) in [5, 5.41) is 1.71. The molecule has 1 heterocycles. The largest absolute Gasteiger partial charge is 0.0997 e. The van der Waals surface area contributed by atoms with E-state index in [-0.39, 0.29) is 7.92 Å². The topological polar surface area (TPSA) is 0 Å². The molecule has 0 unspecified atom stereocenters. The van der Waals surface area contributed by atoms with Crippen LogP contribution in [0.3, 0.4) is 0 Å². The van der Waals surface area contributed by atoms with E-state index >= 15 is 0 Å². The maximum absolute atomic E-state index is 2.44. The molecule has 0 aromatic heterocycles. The standard InChI is InChI=1S/C23H36P2/c1-4-11-20(12-5-1)24-18-10-17-23(24)19-25(21-13-6-2-7-14-21)22-15-8-3-9-16-22/h1,4-5,11-12,21-23H,2-3,6-10,13-19H2/t23-,24-/m0/s1. The van der Waals surface area contributed by atoms with Crippen LogP contribution in [0.25, 0.3) is 0 Å². The molecule has 1 aliphatic heterocycles. The zero-order valence-electron chi connectivity index (χ0n) is 15.9. The summed E-state index contributed by atoms with van der Waals surface area (Å²) in [5.41, 5.74) is 3.34. The second-order valence-corrected chi connectivity index (χ2v) is 14.1. The monoisotopic (exact) mass is 374 g/mol. The van der Waals surface area contributed by atoms with E-state index in [1.165, 1.54) is 51.1 Å². The third kappa shape index (κ3) is 4.68. The van der Waals surface area contributed by atoms with E-state index in [0.717, 1.165) is 17.0 Å². The van der Waals surface area contributed by atoms with Crippen LogP contribution in [0.5, 0.6) is 0 Å². The van der Waals surface area contributed by atoms with Gasteiger partial charge in [0, 0.05) is 0 Å². The highest BCUT2D eigenvalue weighted by atomic mass is 31.1. The van der Waals surface area contributed by atoms with E-state index < -0.39 is 0 Å². The Hall–Kier alpha value is 0.0800. The lowest BCUT2D eigenvalue weighted by atomic mass is 9.99. The molecule has 0 N–H and O–H groups in total. The fourth-order valence-corrected chi connectivity index (χ4v) is 13.5. The maximum atomic E-state index is 2.44. The van der Waals surface area contributed by atoms with Gasteiger partial charge in [0.2, 0.25) is 0 Å². The first-order valence-corrected chi connectivity index (χ1v) is 14.3. The lowest BCUT2D eigenvalue weighted by molar-refractivity contribution is 0.483. The zero-order chi connectivity index (χ0) is 16.9. The van der Waals surface area contributed by atoms with Gasteiger partial charge >= 0.3 is 0 Å². The summed E-state index contributed by atoms with van der Waals surface area (Å²) in [6, 6.07) is 11.6. The second-order valence-electron chi connectivity index (χ2n) is 8.61. The molecule has 1 saturated heterocycles. The summed E-state index contributed by atoms with van der Waals surface area (Å²) in [4.78, 5) is 0. The summed E-state index contributed by atoms with van der Waals surface area (Å²) >= 11 is 0. The van der Waals surface area contributed by atoms with Crippen LogP contribution >= 0.6 is 15.8 Å². The Bertz CT molecular complexity index is 484. The molecule has 0 spiro atoms. The van der Waals surface area contributed by atoms with Crippen LogP contribution in [0.2, 0.25) is 0 Å². The normalized spacial score (nSPS) is 29.3. The van der Waals surface area contributed by atoms with Gasteiger partial charge in [0.25, 0.3) is 0 Å². The van der Waals surface area contributed by atoms with Crippen molar-refractivity contribution in [3.8, 4) is 0 Å². The quantitative estimate of drug-likeness (QED) is 0.482. The molecule has 138 valence electrons. The molecule has 4 rings (SSSR count). The highest BCUT2D eigenvalue weighted by molar-refractivity contribution is 7.68. The third-order valence-corrected chi connectivity index (χ3v) is 14.1. The van der Waals surface area contributed by atoms with Gasteiger partial charge in [-0.3, -0.25) is 0 Å². The molecule has 0 radical (unpaired) electrons. The van der Waals surface area contributed by atoms with E-state index in [4.69, 9.17) is 0 Å². The van der Waals surface area contributed by atoms with Gasteiger partial charge in [-0.05, 0) is 73.1 Å². The van der Waals surface area contributed by atoms with Crippen molar-refractivity contribution in [2.75, 3.05) is 12.3 Å². The Labute approximate surface area is 158 Å². The Balaban J connectivity index is 1.48. The van der Waals surface area contributed by atoms with Crippen molar-refractivity contribution in [1.29, 1.82) is 0 Å². The van der Waals surface area contributed by atoms with Gasteiger partial charge in [0.05, 0.1) is 0 Å². The molecule has 0 bridgehead atoms. The Kier molecular flexibility index (Phi) is 6.88. The molecule has 2 heteroatoms. The van der Waals surface area contributed by atoms with Gasteiger partial charge in [-0.25, -0.2) is 0 Å². The summed E-state index contributed by atoms with van der Waals surface area (Å²) in [6.45, 7) is 0. The van der Waals surface area contributed by atoms with Crippen molar-refractivity contribution in [2.45, 2.75) is 94.0 Å². The van der Waals surface area contributed by atoms with E-state index in [1.807, 2.05) is 0 Å². The third-order valence-electron chi connectivity index (χ3n) is 6.97. The second kappa shape index (κ2) is 9.33. The number of hydrogen-bond acceptors (Lipinski definition) is 0. The lowest BCUT2D eigenvalue weighted by Crippen LogP contribution is -2.25. The molecule has 2 saturated carbocycles. The SMILES string of the molecule is c1ccc([P@]2CCC[C@H]2CP(C2CCCCC2)C2CCCCC2)cc1. The van der Waals surface area contributed by atoms with E-state index in [9.17, 15) is 0 Å². The van der Waals surface area contributed by atoms with Crippen LogP contribution in [0.15, 0.2) is 30.3 Å². The molecule has 0 nitrogen and oxygen atoms in total. The Morgan fingerprint density at radius 2 is 1.32 bits per heavy atom. The van der Waals surface area contributed by atoms with Gasteiger partial charge in [-0.1, -0.05) is 84.7 Å². The molecule has 3 aliphatic rings. The van der Waals surface area contributed by atoms with Crippen molar-refractivity contribution >= 4 is 21.1 Å².